The van der Waals surface area contributed by atoms with Gasteiger partial charge < -0.3 is 10.4 Å². The standard InChI is InChI=1S/C16H14BrNO3/c17-12-6-8-13(9-7-12)18-14(16(20)21)10-15(19)11-4-2-1-3-5-11/h1-9,14,18H,10H2,(H,20,21). The van der Waals surface area contributed by atoms with Crippen molar-refractivity contribution in [1.82, 2.24) is 0 Å². The second-order valence-electron chi connectivity index (χ2n) is 4.54. The third-order valence-electron chi connectivity index (χ3n) is 2.97. The third-order valence-corrected chi connectivity index (χ3v) is 3.50. The highest BCUT2D eigenvalue weighted by Gasteiger charge is 2.21. The molecule has 0 saturated carbocycles. The fourth-order valence-corrected chi connectivity index (χ4v) is 2.14. The highest BCUT2D eigenvalue weighted by Crippen LogP contribution is 2.16. The summed E-state index contributed by atoms with van der Waals surface area (Å²) in [5.74, 6) is -1.25. The Morgan fingerprint density at radius 2 is 1.67 bits per heavy atom. The summed E-state index contributed by atoms with van der Waals surface area (Å²) in [7, 11) is 0. The SMILES string of the molecule is O=C(CC(Nc1ccc(Br)cc1)C(=O)O)c1ccccc1. The maximum atomic E-state index is 12.1. The van der Waals surface area contributed by atoms with Crippen molar-refractivity contribution in [3.8, 4) is 0 Å². The van der Waals surface area contributed by atoms with Gasteiger partial charge in [-0.15, -0.1) is 0 Å². The Bertz CT molecular complexity index is 626. The quantitative estimate of drug-likeness (QED) is 0.783. The van der Waals surface area contributed by atoms with Crippen LogP contribution < -0.4 is 5.32 Å². The summed E-state index contributed by atoms with van der Waals surface area (Å²) in [4.78, 5) is 23.4. The maximum Gasteiger partial charge on any atom is 0.326 e. The molecule has 1 unspecified atom stereocenters. The zero-order valence-corrected chi connectivity index (χ0v) is 12.7. The van der Waals surface area contributed by atoms with Crippen LogP contribution in [0.15, 0.2) is 59.1 Å². The molecule has 0 heterocycles. The molecule has 2 aromatic rings. The van der Waals surface area contributed by atoms with Crippen molar-refractivity contribution in [2.75, 3.05) is 5.32 Å². The van der Waals surface area contributed by atoms with Gasteiger partial charge in [0.25, 0.3) is 0 Å². The van der Waals surface area contributed by atoms with Crippen LogP contribution in [0.2, 0.25) is 0 Å². The van der Waals surface area contributed by atoms with Crippen LogP contribution in [0.3, 0.4) is 0 Å². The first-order valence-corrected chi connectivity index (χ1v) is 7.19. The molecule has 0 bridgehead atoms. The molecule has 0 saturated heterocycles. The lowest BCUT2D eigenvalue weighted by Crippen LogP contribution is -2.31. The first kappa shape index (κ1) is 15.3. The van der Waals surface area contributed by atoms with E-state index in [1.54, 1.807) is 48.5 Å². The van der Waals surface area contributed by atoms with E-state index in [2.05, 4.69) is 21.2 Å². The number of nitrogens with one attached hydrogen (secondary N) is 1. The number of hydrogen-bond acceptors (Lipinski definition) is 3. The van der Waals surface area contributed by atoms with Crippen molar-refractivity contribution in [3.63, 3.8) is 0 Å². The number of carbonyl (C=O) groups excluding carboxylic acids is 1. The first-order valence-electron chi connectivity index (χ1n) is 6.39. The molecule has 5 heteroatoms. The normalized spacial score (nSPS) is 11.7. The third kappa shape index (κ3) is 4.43. The van der Waals surface area contributed by atoms with Crippen molar-refractivity contribution in [1.29, 1.82) is 0 Å². The smallest absolute Gasteiger partial charge is 0.326 e. The number of aliphatic carboxylic acids is 1. The summed E-state index contributed by atoms with van der Waals surface area (Å²) in [6.45, 7) is 0. The van der Waals surface area contributed by atoms with Gasteiger partial charge in [0.2, 0.25) is 0 Å². The molecule has 0 aromatic heterocycles. The fourth-order valence-electron chi connectivity index (χ4n) is 1.87. The van der Waals surface area contributed by atoms with Crippen LogP contribution in [0.1, 0.15) is 16.8 Å². The van der Waals surface area contributed by atoms with Crippen LogP contribution in [0, 0.1) is 0 Å². The average Bonchev–Trinajstić information content (AvgIpc) is 2.49. The van der Waals surface area contributed by atoms with Gasteiger partial charge in [0, 0.05) is 22.1 Å². The molecule has 2 aromatic carbocycles. The molecule has 2 N–H and O–H groups in total. The molecular formula is C16H14BrNO3. The van der Waals surface area contributed by atoms with Crippen LogP contribution in [0.25, 0.3) is 0 Å². The van der Waals surface area contributed by atoms with E-state index in [1.807, 2.05) is 6.07 Å². The molecule has 0 aliphatic carbocycles. The summed E-state index contributed by atoms with van der Waals surface area (Å²) in [5.41, 5.74) is 1.17. The van der Waals surface area contributed by atoms with E-state index in [1.165, 1.54) is 0 Å². The predicted molar refractivity (Wildman–Crippen MR) is 84.6 cm³/mol. The average molecular weight is 348 g/mol. The largest absolute Gasteiger partial charge is 0.480 e. The minimum atomic E-state index is -1.05. The van der Waals surface area contributed by atoms with Gasteiger partial charge in [0.15, 0.2) is 5.78 Å². The minimum Gasteiger partial charge on any atom is -0.480 e. The molecule has 0 aliphatic heterocycles. The zero-order valence-electron chi connectivity index (χ0n) is 11.1. The fraction of sp³-hybridized carbons (Fsp3) is 0.125. The summed E-state index contributed by atoms with van der Waals surface area (Å²) < 4.78 is 0.903. The van der Waals surface area contributed by atoms with Crippen molar-refractivity contribution >= 4 is 33.4 Å². The molecule has 1 atom stereocenters. The summed E-state index contributed by atoms with van der Waals surface area (Å²) in [5, 5.41) is 12.1. The lowest BCUT2D eigenvalue weighted by atomic mass is 10.0. The van der Waals surface area contributed by atoms with E-state index < -0.39 is 12.0 Å². The van der Waals surface area contributed by atoms with Crippen LogP contribution in [0.4, 0.5) is 5.69 Å². The topological polar surface area (TPSA) is 66.4 Å². The Balaban J connectivity index is 2.07. The van der Waals surface area contributed by atoms with Gasteiger partial charge in [-0.25, -0.2) is 4.79 Å². The molecule has 0 amide bonds. The second kappa shape index (κ2) is 7.04. The van der Waals surface area contributed by atoms with E-state index in [4.69, 9.17) is 0 Å². The molecule has 0 fully saturated rings. The number of carbonyl (C=O) groups is 2. The van der Waals surface area contributed by atoms with Gasteiger partial charge in [0.05, 0.1) is 0 Å². The molecular weight excluding hydrogens is 334 g/mol. The molecule has 2 rings (SSSR count). The number of Topliss-reactive ketones (excluding diaryl/α,β-unsaturated/α-hetero) is 1. The lowest BCUT2D eigenvalue weighted by molar-refractivity contribution is -0.137. The molecule has 108 valence electrons. The minimum absolute atomic E-state index is 0.102. The first-order chi connectivity index (χ1) is 10.1. The molecule has 21 heavy (non-hydrogen) atoms. The highest BCUT2D eigenvalue weighted by atomic mass is 79.9. The monoisotopic (exact) mass is 347 g/mol. The summed E-state index contributed by atoms with van der Waals surface area (Å²) in [6.07, 6.45) is -0.102. The molecule has 0 aliphatic rings. The Labute approximate surface area is 130 Å². The number of hydrogen-bond donors (Lipinski definition) is 2. The number of carboxylic acid groups (broad SMARTS) is 1. The molecule has 0 radical (unpaired) electrons. The van der Waals surface area contributed by atoms with Crippen LogP contribution in [-0.4, -0.2) is 22.9 Å². The van der Waals surface area contributed by atoms with E-state index in [-0.39, 0.29) is 12.2 Å². The summed E-state index contributed by atoms with van der Waals surface area (Å²) in [6, 6.07) is 14.9. The van der Waals surface area contributed by atoms with Gasteiger partial charge >= 0.3 is 5.97 Å². The number of anilines is 1. The van der Waals surface area contributed by atoms with Gasteiger partial charge in [-0.2, -0.15) is 0 Å². The van der Waals surface area contributed by atoms with Gasteiger partial charge in [0.1, 0.15) is 6.04 Å². The predicted octanol–water partition coefficient (Wildman–Crippen LogP) is 3.59. The van der Waals surface area contributed by atoms with Gasteiger partial charge in [-0.1, -0.05) is 46.3 Å². The van der Waals surface area contributed by atoms with E-state index in [9.17, 15) is 14.7 Å². The van der Waals surface area contributed by atoms with Gasteiger partial charge in [-0.3, -0.25) is 4.79 Å². The molecule has 4 nitrogen and oxygen atoms in total. The Kier molecular flexibility index (Phi) is 5.11. The number of benzene rings is 2. The highest BCUT2D eigenvalue weighted by molar-refractivity contribution is 9.10. The second-order valence-corrected chi connectivity index (χ2v) is 5.45. The van der Waals surface area contributed by atoms with Crippen molar-refractivity contribution in [2.24, 2.45) is 0 Å². The van der Waals surface area contributed by atoms with Crippen LogP contribution >= 0.6 is 15.9 Å². The van der Waals surface area contributed by atoms with E-state index in [0.717, 1.165) is 4.47 Å². The molecule has 0 spiro atoms. The Hall–Kier alpha value is -2.14. The van der Waals surface area contributed by atoms with Crippen LogP contribution in [-0.2, 0) is 4.79 Å². The Morgan fingerprint density at radius 3 is 2.24 bits per heavy atom. The van der Waals surface area contributed by atoms with Crippen molar-refractivity contribution in [3.05, 3.63) is 64.6 Å². The Morgan fingerprint density at radius 1 is 1.05 bits per heavy atom. The van der Waals surface area contributed by atoms with Crippen LogP contribution in [0.5, 0.6) is 0 Å². The lowest BCUT2D eigenvalue weighted by Gasteiger charge is -2.15. The number of rotatable bonds is 6. The van der Waals surface area contributed by atoms with E-state index in [0.29, 0.717) is 11.3 Å². The number of halogens is 1. The van der Waals surface area contributed by atoms with Crippen molar-refractivity contribution < 1.29 is 14.7 Å². The summed E-state index contributed by atoms with van der Waals surface area (Å²) >= 11 is 3.31. The number of ketones is 1. The maximum absolute atomic E-state index is 12.1. The van der Waals surface area contributed by atoms with E-state index >= 15 is 0 Å². The van der Waals surface area contributed by atoms with Crippen molar-refractivity contribution in [2.45, 2.75) is 12.5 Å². The number of carboxylic acids is 1. The zero-order chi connectivity index (χ0) is 15.2. The van der Waals surface area contributed by atoms with Gasteiger partial charge in [-0.05, 0) is 24.3 Å².